The van der Waals surface area contributed by atoms with Gasteiger partial charge in [0.2, 0.25) is 0 Å². The lowest BCUT2D eigenvalue weighted by Gasteiger charge is -2.13. The van der Waals surface area contributed by atoms with Gasteiger partial charge in [-0.3, -0.25) is 14.2 Å². The van der Waals surface area contributed by atoms with Crippen LogP contribution in [0.5, 0.6) is 0 Å². The van der Waals surface area contributed by atoms with E-state index in [1.165, 1.54) is 11.8 Å². The number of hydrogen-bond acceptors (Lipinski definition) is 5. The molecule has 0 aliphatic heterocycles. The minimum Gasteiger partial charge on any atom is -0.309 e. The van der Waals surface area contributed by atoms with Gasteiger partial charge in [-0.05, 0) is 36.8 Å². The molecule has 2 aromatic heterocycles. The first-order valence-electron chi connectivity index (χ1n) is 10.4. The molecule has 0 bridgehead atoms. The fourth-order valence-electron chi connectivity index (χ4n) is 3.51. The number of fused-ring (bicyclic) bond motifs is 2. The molecule has 0 unspecified atom stereocenters. The predicted molar refractivity (Wildman–Crippen MR) is 127 cm³/mol. The Morgan fingerprint density at radius 2 is 1.84 bits per heavy atom. The summed E-state index contributed by atoms with van der Waals surface area (Å²) in [6, 6.07) is 12.4. The molecule has 2 aromatic carbocycles. The van der Waals surface area contributed by atoms with Crippen LogP contribution >= 0.6 is 23.4 Å². The Bertz CT molecular complexity index is 1350. The zero-order chi connectivity index (χ0) is 21.8. The van der Waals surface area contributed by atoms with Crippen LogP contribution in [0, 0.1) is 0 Å². The summed E-state index contributed by atoms with van der Waals surface area (Å²) in [6.07, 6.45) is 4.27. The molecule has 1 N–H and O–H groups in total. The van der Waals surface area contributed by atoms with Crippen LogP contribution in [0.1, 0.15) is 38.4 Å². The third-order valence-corrected chi connectivity index (χ3v) is 6.34. The topological polar surface area (TPSA) is 80.6 Å². The Labute approximate surface area is 188 Å². The second kappa shape index (κ2) is 9.66. The van der Waals surface area contributed by atoms with E-state index in [0.29, 0.717) is 50.1 Å². The molecule has 6 nitrogen and oxygen atoms in total. The van der Waals surface area contributed by atoms with Crippen molar-refractivity contribution in [3.8, 4) is 0 Å². The summed E-state index contributed by atoms with van der Waals surface area (Å²) in [5.74, 6) is 0.905. The van der Waals surface area contributed by atoms with Crippen LogP contribution in [0.2, 0.25) is 5.02 Å². The van der Waals surface area contributed by atoms with Crippen molar-refractivity contribution < 1.29 is 0 Å². The van der Waals surface area contributed by atoms with Gasteiger partial charge in [0.25, 0.3) is 11.1 Å². The minimum absolute atomic E-state index is 0.0312. The Morgan fingerprint density at radius 1 is 1.00 bits per heavy atom. The molecule has 0 amide bonds. The third kappa shape index (κ3) is 4.83. The molecule has 0 aliphatic carbocycles. The maximum absolute atomic E-state index is 13.1. The van der Waals surface area contributed by atoms with Crippen molar-refractivity contribution in [3.63, 3.8) is 0 Å². The van der Waals surface area contributed by atoms with Crippen LogP contribution in [0.3, 0.4) is 0 Å². The number of rotatable bonds is 8. The fraction of sp³-hybridized carbons (Fsp3) is 0.304. The Kier molecular flexibility index (Phi) is 6.73. The SMILES string of the molecule is CCCCCCn1c(SCc2nc3cc(Cl)ccc3c(=O)[nH]2)nc2ccccc2c1=O. The Balaban J connectivity index is 1.66. The van der Waals surface area contributed by atoms with Crippen LogP contribution in [-0.4, -0.2) is 19.5 Å². The highest BCUT2D eigenvalue weighted by Crippen LogP contribution is 2.22. The average Bonchev–Trinajstić information content (AvgIpc) is 2.76. The highest BCUT2D eigenvalue weighted by molar-refractivity contribution is 7.98. The quantitative estimate of drug-likeness (QED) is 0.226. The largest absolute Gasteiger partial charge is 0.309 e. The van der Waals surface area contributed by atoms with Gasteiger partial charge in [0.15, 0.2) is 5.16 Å². The fourth-order valence-corrected chi connectivity index (χ4v) is 4.58. The van der Waals surface area contributed by atoms with E-state index in [-0.39, 0.29) is 11.1 Å². The van der Waals surface area contributed by atoms with Gasteiger partial charge in [0.1, 0.15) is 5.82 Å². The second-order valence-electron chi connectivity index (χ2n) is 7.39. The number of hydrogen-bond donors (Lipinski definition) is 1. The van der Waals surface area contributed by atoms with Gasteiger partial charge in [-0.25, -0.2) is 9.97 Å². The van der Waals surface area contributed by atoms with E-state index >= 15 is 0 Å². The number of para-hydroxylation sites is 1. The zero-order valence-corrected chi connectivity index (χ0v) is 18.8. The van der Waals surface area contributed by atoms with E-state index < -0.39 is 0 Å². The molecule has 0 fully saturated rings. The van der Waals surface area contributed by atoms with Crippen molar-refractivity contribution in [1.29, 1.82) is 0 Å². The molecule has 2 heterocycles. The van der Waals surface area contributed by atoms with Crippen molar-refractivity contribution in [2.24, 2.45) is 0 Å². The summed E-state index contributed by atoms with van der Waals surface area (Å²) in [7, 11) is 0. The summed E-state index contributed by atoms with van der Waals surface area (Å²) in [6.45, 7) is 2.78. The number of H-pyrrole nitrogens is 1. The smallest absolute Gasteiger partial charge is 0.262 e. The number of aromatic amines is 1. The molecule has 0 spiro atoms. The first-order valence-corrected chi connectivity index (χ1v) is 11.7. The Morgan fingerprint density at radius 3 is 2.68 bits per heavy atom. The highest BCUT2D eigenvalue weighted by Gasteiger charge is 2.13. The highest BCUT2D eigenvalue weighted by atomic mass is 35.5. The predicted octanol–water partition coefficient (Wildman–Crippen LogP) is 5.16. The lowest BCUT2D eigenvalue weighted by Crippen LogP contribution is -2.23. The number of halogens is 1. The maximum Gasteiger partial charge on any atom is 0.262 e. The van der Waals surface area contributed by atoms with Crippen molar-refractivity contribution in [2.45, 2.75) is 50.1 Å². The average molecular weight is 455 g/mol. The van der Waals surface area contributed by atoms with Crippen LogP contribution < -0.4 is 11.1 Å². The lowest BCUT2D eigenvalue weighted by atomic mass is 10.2. The number of benzene rings is 2. The van der Waals surface area contributed by atoms with Gasteiger partial charge in [0, 0.05) is 11.6 Å². The zero-order valence-electron chi connectivity index (χ0n) is 17.2. The molecule has 0 aliphatic rings. The van der Waals surface area contributed by atoms with E-state index in [2.05, 4.69) is 16.9 Å². The summed E-state index contributed by atoms with van der Waals surface area (Å²) < 4.78 is 1.75. The molecular formula is C23H23ClN4O2S. The number of nitrogens with one attached hydrogen (secondary N) is 1. The van der Waals surface area contributed by atoms with Gasteiger partial charge in [-0.15, -0.1) is 0 Å². The van der Waals surface area contributed by atoms with Crippen molar-refractivity contribution in [1.82, 2.24) is 19.5 Å². The monoisotopic (exact) mass is 454 g/mol. The summed E-state index contributed by atoms with van der Waals surface area (Å²) >= 11 is 7.46. The first-order chi connectivity index (χ1) is 15.1. The molecule has 8 heteroatoms. The first kappa shape index (κ1) is 21.6. The van der Waals surface area contributed by atoms with Gasteiger partial charge in [0.05, 0.1) is 27.6 Å². The standard InChI is InChI=1S/C23H23ClN4O2S/c1-2-3-4-7-12-28-22(30)17-8-5-6-9-18(17)26-23(28)31-14-20-25-19-13-15(24)10-11-16(19)21(29)27-20/h5-6,8-11,13H,2-4,7,12,14H2,1H3,(H,25,27,29). The molecular weight excluding hydrogens is 432 g/mol. The number of unbranched alkanes of at least 4 members (excludes halogenated alkanes) is 3. The molecule has 4 aromatic rings. The lowest BCUT2D eigenvalue weighted by molar-refractivity contribution is 0.531. The molecule has 0 radical (unpaired) electrons. The molecule has 0 saturated carbocycles. The number of thioether (sulfide) groups is 1. The minimum atomic E-state index is -0.208. The van der Waals surface area contributed by atoms with Gasteiger partial charge < -0.3 is 4.98 Å². The summed E-state index contributed by atoms with van der Waals surface area (Å²) in [5.41, 5.74) is 0.985. The van der Waals surface area contributed by atoms with Gasteiger partial charge >= 0.3 is 0 Å². The maximum atomic E-state index is 13.1. The Hall–Kier alpha value is -2.64. The van der Waals surface area contributed by atoms with E-state index in [1.54, 1.807) is 22.8 Å². The molecule has 31 heavy (non-hydrogen) atoms. The van der Waals surface area contributed by atoms with Crippen LogP contribution in [0.4, 0.5) is 0 Å². The second-order valence-corrected chi connectivity index (χ2v) is 8.77. The van der Waals surface area contributed by atoms with Gasteiger partial charge in [-0.1, -0.05) is 61.7 Å². The third-order valence-electron chi connectivity index (χ3n) is 5.12. The van der Waals surface area contributed by atoms with Crippen LogP contribution in [-0.2, 0) is 12.3 Å². The van der Waals surface area contributed by atoms with Crippen LogP contribution in [0.15, 0.2) is 57.2 Å². The molecule has 0 saturated heterocycles. The van der Waals surface area contributed by atoms with Crippen molar-refractivity contribution in [2.75, 3.05) is 0 Å². The normalized spacial score (nSPS) is 11.4. The number of nitrogens with zero attached hydrogens (tertiary/aromatic N) is 3. The molecule has 4 rings (SSSR count). The number of aromatic nitrogens is 4. The van der Waals surface area contributed by atoms with E-state index in [9.17, 15) is 9.59 Å². The summed E-state index contributed by atoms with van der Waals surface area (Å²) in [5, 5.41) is 2.28. The van der Waals surface area contributed by atoms with Crippen molar-refractivity contribution in [3.05, 3.63) is 74.0 Å². The summed E-state index contributed by atoms with van der Waals surface area (Å²) in [4.78, 5) is 37.6. The van der Waals surface area contributed by atoms with Crippen LogP contribution in [0.25, 0.3) is 21.8 Å². The van der Waals surface area contributed by atoms with E-state index in [4.69, 9.17) is 16.6 Å². The van der Waals surface area contributed by atoms with E-state index in [1.807, 2.05) is 24.3 Å². The molecule has 0 atom stereocenters. The van der Waals surface area contributed by atoms with E-state index in [0.717, 1.165) is 25.7 Å². The molecule has 160 valence electrons. The van der Waals surface area contributed by atoms with Crippen molar-refractivity contribution >= 4 is 45.2 Å². The van der Waals surface area contributed by atoms with Gasteiger partial charge in [-0.2, -0.15) is 0 Å².